The van der Waals surface area contributed by atoms with Gasteiger partial charge in [0.25, 0.3) is 0 Å². The molecular formula is C31H34N7O3P. The standard InChI is InChI=1S/C31H34N7O3P/c1-37-20-21(19-32-37)23-17-26(28(40-2)18-27(23)38-13-15-41-16-14-38)35-31-34-24-10-6-5-9-22(24)30(36-31)33-25-11-7-8-12-29(25)42(3,4)39/h5-12,17-20H,13-16H2,1-4H3,(H2,33,34,35,36). The second-order valence-electron chi connectivity index (χ2n) is 10.6. The number of aromatic nitrogens is 4. The van der Waals surface area contributed by atoms with E-state index in [0.29, 0.717) is 30.7 Å². The maximum absolute atomic E-state index is 13.0. The number of hydrogen-bond acceptors (Lipinski definition) is 9. The van der Waals surface area contributed by atoms with Crippen LogP contribution in [0.15, 0.2) is 73.1 Å². The van der Waals surface area contributed by atoms with Crippen LogP contribution in [0.1, 0.15) is 0 Å². The Kier molecular flexibility index (Phi) is 7.58. The van der Waals surface area contributed by atoms with Crippen molar-refractivity contribution in [2.75, 3.05) is 62.3 Å². The van der Waals surface area contributed by atoms with E-state index >= 15 is 0 Å². The summed E-state index contributed by atoms with van der Waals surface area (Å²) in [5.74, 6) is 1.68. The average molecular weight is 584 g/mol. The van der Waals surface area contributed by atoms with Gasteiger partial charge in [0.1, 0.15) is 18.7 Å². The Bertz CT molecular complexity index is 1790. The molecule has 5 aromatic rings. The van der Waals surface area contributed by atoms with Crippen LogP contribution in [0.25, 0.3) is 22.0 Å². The Labute approximate surface area is 245 Å². The van der Waals surface area contributed by atoms with E-state index in [1.807, 2.05) is 74.0 Å². The molecular weight excluding hydrogens is 549 g/mol. The largest absolute Gasteiger partial charge is 0.494 e. The van der Waals surface area contributed by atoms with Crippen LogP contribution in [0, 0.1) is 0 Å². The summed E-state index contributed by atoms with van der Waals surface area (Å²) in [6, 6.07) is 19.6. The van der Waals surface area contributed by atoms with Gasteiger partial charge in [-0.05, 0) is 43.7 Å². The summed E-state index contributed by atoms with van der Waals surface area (Å²) >= 11 is 0. The number of nitrogens with one attached hydrogen (secondary N) is 2. The topological polar surface area (TPSA) is 106 Å². The van der Waals surface area contributed by atoms with Crippen molar-refractivity contribution in [1.29, 1.82) is 0 Å². The molecule has 1 aliphatic heterocycles. The molecule has 3 aromatic carbocycles. The fourth-order valence-electron chi connectivity index (χ4n) is 5.22. The predicted octanol–water partition coefficient (Wildman–Crippen LogP) is 5.61. The SMILES string of the molecule is COc1cc(N2CCOCC2)c(-c2cnn(C)c2)cc1Nc1nc(Nc2ccccc2P(C)(C)=O)c2ccccc2n1. The summed E-state index contributed by atoms with van der Waals surface area (Å²) in [6.07, 6.45) is 3.86. The molecule has 0 atom stereocenters. The van der Waals surface area contributed by atoms with Gasteiger partial charge >= 0.3 is 0 Å². The lowest BCUT2D eigenvalue weighted by atomic mass is 10.0. The highest BCUT2D eigenvalue weighted by atomic mass is 31.2. The van der Waals surface area contributed by atoms with Gasteiger partial charge in [-0.1, -0.05) is 24.3 Å². The zero-order valence-electron chi connectivity index (χ0n) is 24.2. The Morgan fingerprint density at radius 3 is 2.45 bits per heavy atom. The van der Waals surface area contributed by atoms with E-state index in [4.69, 9.17) is 19.4 Å². The first-order chi connectivity index (χ1) is 20.3. The molecule has 1 aliphatic rings. The van der Waals surface area contributed by atoms with Gasteiger partial charge in [-0.15, -0.1) is 0 Å². The van der Waals surface area contributed by atoms with Crippen molar-refractivity contribution < 1.29 is 14.0 Å². The Balaban J connectivity index is 1.44. The average Bonchev–Trinajstić information content (AvgIpc) is 3.43. The molecule has 3 heterocycles. The highest BCUT2D eigenvalue weighted by Gasteiger charge is 2.22. The van der Waals surface area contributed by atoms with E-state index in [9.17, 15) is 4.57 Å². The van der Waals surface area contributed by atoms with Crippen LogP contribution >= 0.6 is 7.14 Å². The number of fused-ring (bicyclic) bond motifs is 1. The Hall–Kier alpha value is -4.40. The zero-order chi connectivity index (χ0) is 29.3. The molecule has 6 rings (SSSR count). The quantitative estimate of drug-likeness (QED) is 0.226. The third-order valence-electron chi connectivity index (χ3n) is 7.27. The van der Waals surface area contributed by atoms with Gasteiger partial charge in [0.2, 0.25) is 5.95 Å². The van der Waals surface area contributed by atoms with E-state index < -0.39 is 7.14 Å². The van der Waals surface area contributed by atoms with Gasteiger partial charge in [0.05, 0.1) is 43.4 Å². The van der Waals surface area contributed by atoms with Crippen molar-refractivity contribution in [2.45, 2.75) is 0 Å². The lowest BCUT2D eigenvalue weighted by Gasteiger charge is -2.31. The Morgan fingerprint density at radius 2 is 1.71 bits per heavy atom. The molecule has 0 amide bonds. The first-order valence-corrected chi connectivity index (χ1v) is 16.4. The van der Waals surface area contributed by atoms with E-state index in [1.54, 1.807) is 25.1 Å². The number of hydrogen-bond donors (Lipinski definition) is 2. The fourth-order valence-corrected chi connectivity index (χ4v) is 6.37. The summed E-state index contributed by atoms with van der Waals surface area (Å²) < 4.78 is 26.3. The number of aryl methyl sites for hydroxylation is 1. The fraction of sp³-hybridized carbons (Fsp3) is 0.258. The van der Waals surface area contributed by atoms with Crippen molar-refractivity contribution in [1.82, 2.24) is 19.7 Å². The molecule has 0 radical (unpaired) electrons. The van der Waals surface area contributed by atoms with Crippen molar-refractivity contribution in [3.05, 3.63) is 73.1 Å². The third kappa shape index (κ3) is 5.68. The molecule has 0 spiro atoms. The summed E-state index contributed by atoms with van der Waals surface area (Å²) in [7, 11) is 1.03. The minimum absolute atomic E-state index is 0.402. The van der Waals surface area contributed by atoms with Gasteiger partial charge in [0.15, 0.2) is 0 Å². The molecule has 2 N–H and O–H groups in total. The normalized spacial score (nSPS) is 13.8. The van der Waals surface area contributed by atoms with Gasteiger partial charge in [-0.3, -0.25) is 4.68 Å². The molecule has 0 unspecified atom stereocenters. The second-order valence-corrected chi connectivity index (χ2v) is 13.8. The van der Waals surface area contributed by atoms with Crippen LogP contribution < -0.4 is 25.6 Å². The first-order valence-electron chi connectivity index (χ1n) is 13.8. The van der Waals surface area contributed by atoms with Gasteiger partial charge < -0.3 is 29.6 Å². The Morgan fingerprint density at radius 1 is 0.952 bits per heavy atom. The molecule has 1 saturated heterocycles. The summed E-state index contributed by atoms with van der Waals surface area (Å²) in [5.41, 5.74) is 5.31. The zero-order valence-corrected chi connectivity index (χ0v) is 25.1. The van der Waals surface area contributed by atoms with Crippen LogP contribution in [0.3, 0.4) is 0 Å². The smallest absolute Gasteiger partial charge is 0.229 e. The van der Waals surface area contributed by atoms with Crippen molar-refractivity contribution in [3.8, 4) is 16.9 Å². The molecule has 42 heavy (non-hydrogen) atoms. The molecule has 10 nitrogen and oxygen atoms in total. The maximum atomic E-state index is 13.0. The summed E-state index contributed by atoms with van der Waals surface area (Å²) in [5, 5.41) is 12.9. The van der Waals surface area contributed by atoms with Crippen LogP contribution in [-0.2, 0) is 16.3 Å². The van der Waals surface area contributed by atoms with Gasteiger partial charge in [-0.25, -0.2) is 4.98 Å². The van der Waals surface area contributed by atoms with Crippen LogP contribution in [0.5, 0.6) is 5.75 Å². The molecule has 0 aliphatic carbocycles. The number of nitrogens with zero attached hydrogens (tertiary/aromatic N) is 5. The second kappa shape index (κ2) is 11.5. The van der Waals surface area contributed by atoms with Crippen LogP contribution in [0.4, 0.5) is 28.8 Å². The van der Waals surface area contributed by atoms with Crippen molar-refractivity contribution >= 4 is 52.2 Å². The van der Waals surface area contributed by atoms with Gasteiger partial charge in [-0.2, -0.15) is 10.1 Å². The van der Waals surface area contributed by atoms with Gasteiger partial charge in [0, 0.05) is 59.9 Å². The van der Waals surface area contributed by atoms with E-state index in [2.05, 4.69) is 26.7 Å². The molecule has 11 heteroatoms. The lowest BCUT2D eigenvalue weighted by Crippen LogP contribution is -2.36. The summed E-state index contributed by atoms with van der Waals surface area (Å²) in [4.78, 5) is 12.0. The number of ether oxygens (including phenoxy) is 2. The predicted molar refractivity (Wildman–Crippen MR) is 170 cm³/mol. The van der Waals surface area contributed by atoms with E-state index in [-0.39, 0.29) is 0 Å². The van der Waals surface area contributed by atoms with Crippen molar-refractivity contribution in [3.63, 3.8) is 0 Å². The molecule has 0 bridgehead atoms. The van der Waals surface area contributed by atoms with Crippen LogP contribution in [-0.4, -0.2) is 66.5 Å². The third-order valence-corrected chi connectivity index (χ3v) is 8.82. The number of rotatable bonds is 8. The highest BCUT2D eigenvalue weighted by molar-refractivity contribution is 7.70. The molecule has 216 valence electrons. The summed E-state index contributed by atoms with van der Waals surface area (Å²) in [6.45, 7) is 6.46. The highest BCUT2D eigenvalue weighted by Crippen LogP contribution is 2.41. The first kappa shape index (κ1) is 27.8. The lowest BCUT2D eigenvalue weighted by molar-refractivity contribution is 0.122. The number of anilines is 5. The number of methoxy groups -OCH3 is 1. The number of benzene rings is 3. The van der Waals surface area contributed by atoms with E-state index in [1.165, 1.54) is 0 Å². The molecule has 0 saturated carbocycles. The molecule has 2 aromatic heterocycles. The van der Waals surface area contributed by atoms with E-state index in [0.717, 1.165) is 57.5 Å². The minimum atomic E-state index is -2.54. The molecule has 1 fully saturated rings. The van der Waals surface area contributed by atoms with Crippen LogP contribution in [0.2, 0.25) is 0 Å². The minimum Gasteiger partial charge on any atom is -0.494 e. The number of morpholine rings is 1. The van der Waals surface area contributed by atoms with Crippen molar-refractivity contribution in [2.24, 2.45) is 7.05 Å². The monoisotopic (exact) mass is 583 g/mol. The number of para-hydroxylation sites is 2. The maximum Gasteiger partial charge on any atom is 0.229 e.